The highest BCUT2D eigenvalue weighted by atomic mass is 16.3. The number of nitrogens with zero attached hydrogens (tertiary/aromatic N) is 2. The summed E-state index contributed by atoms with van der Waals surface area (Å²) in [4.78, 5) is 16.8. The van der Waals surface area contributed by atoms with Crippen LogP contribution < -0.4 is 5.32 Å². The lowest BCUT2D eigenvalue weighted by atomic mass is 10.1. The zero-order chi connectivity index (χ0) is 17.9. The van der Waals surface area contributed by atoms with E-state index in [0.717, 1.165) is 16.6 Å². The molecule has 4 aromatic rings. The molecule has 5 nitrogen and oxygen atoms in total. The Morgan fingerprint density at radius 3 is 2.62 bits per heavy atom. The van der Waals surface area contributed by atoms with Crippen molar-refractivity contribution >= 4 is 17.0 Å². The van der Waals surface area contributed by atoms with Gasteiger partial charge in [0.05, 0.1) is 11.8 Å². The van der Waals surface area contributed by atoms with Crippen LogP contribution in [0.4, 0.5) is 0 Å². The van der Waals surface area contributed by atoms with Gasteiger partial charge in [0.15, 0.2) is 5.58 Å². The van der Waals surface area contributed by atoms with Crippen molar-refractivity contribution in [3.8, 4) is 0 Å². The van der Waals surface area contributed by atoms with Crippen LogP contribution in [0.3, 0.4) is 0 Å². The maximum atomic E-state index is 12.8. The van der Waals surface area contributed by atoms with Crippen LogP contribution in [0.2, 0.25) is 0 Å². The van der Waals surface area contributed by atoms with Gasteiger partial charge in [-0.1, -0.05) is 29.8 Å². The molecule has 0 bridgehead atoms. The number of carbonyl (C=O) groups excluding carboxylic acids is 1. The molecule has 0 fully saturated rings. The molecule has 26 heavy (non-hydrogen) atoms. The highest BCUT2D eigenvalue weighted by Crippen LogP contribution is 2.23. The summed E-state index contributed by atoms with van der Waals surface area (Å²) in [7, 11) is 0. The standard InChI is InChI=1S/C21H19N3O2/c1-15-2-4-17(5-3-15)14-24-18-8-11-26-20(18)12-19(24)21(25)23-13-16-6-9-22-10-7-16/h2-12H,13-14H2,1H3,(H,23,25). The maximum absolute atomic E-state index is 12.8. The molecule has 0 atom stereocenters. The minimum Gasteiger partial charge on any atom is -0.463 e. The molecular formula is C21H19N3O2. The van der Waals surface area contributed by atoms with Gasteiger partial charge in [-0.3, -0.25) is 9.78 Å². The van der Waals surface area contributed by atoms with Crippen LogP contribution >= 0.6 is 0 Å². The summed E-state index contributed by atoms with van der Waals surface area (Å²) in [5.41, 5.74) is 5.58. The first kappa shape index (κ1) is 16.1. The van der Waals surface area contributed by atoms with Crippen LogP contribution in [0, 0.1) is 6.92 Å². The first-order valence-corrected chi connectivity index (χ1v) is 8.50. The Morgan fingerprint density at radius 2 is 1.85 bits per heavy atom. The summed E-state index contributed by atoms with van der Waals surface area (Å²) in [5.74, 6) is -0.125. The van der Waals surface area contributed by atoms with Gasteiger partial charge in [-0.05, 0) is 30.2 Å². The number of furan rings is 1. The lowest BCUT2D eigenvalue weighted by Gasteiger charge is -2.11. The van der Waals surface area contributed by atoms with E-state index in [1.54, 1.807) is 24.7 Å². The van der Waals surface area contributed by atoms with Crippen LogP contribution in [0.25, 0.3) is 11.1 Å². The summed E-state index contributed by atoms with van der Waals surface area (Å²) >= 11 is 0. The van der Waals surface area contributed by atoms with Gasteiger partial charge in [-0.25, -0.2) is 0 Å². The van der Waals surface area contributed by atoms with Crippen molar-refractivity contribution < 1.29 is 9.21 Å². The molecule has 3 aromatic heterocycles. The van der Waals surface area contributed by atoms with Crippen molar-refractivity contribution in [1.82, 2.24) is 14.9 Å². The number of carbonyl (C=O) groups is 1. The number of hydrogen-bond acceptors (Lipinski definition) is 3. The van der Waals surface area contributed by atoms with Gasteiger partial charge >= 0.3 is 0 Å². The van der Waals surface area contributed by atoms with Crippen LogP contribution in [-0.4, -0.2) is 15.5 Å². The van der Waals surface area contributed by atoms with Crippen molar-refractivity contribution in [1.29, 1.82) is 0 Å². The average Bonchev–Trinajstić information content (AvgIpc) is 3.25. The largest absolute Gasteiger partial charge is 0.463 e. The van der Waals surface area contributed by atoms with Gasteiger partial charge < -0.3 is 14.3 Å². The lowest BCUT2D eigenvalue weighted by Crippen LogP contribution is -2.25. The second kappa shape index (κ2) is 6.88. The minimum atomic E-state index is -0.125. The van der Waals surface area contributed by atoms with Gasteiger partial charge in [-0.15, -0.1) is 0 Å². The molecule has 5 heteroatoms. The van der Waals surface area contributed by atoms with Gasteiger partial charge in [0.2, 0.25) is 0 Å². The van der Waals surface area contributed by atoms with Gasteiger partial charge in [-0.2, -0.15) is 0 Å². The molecule has 0 saturated heterocycles. The summed E-state index contributed by atoms with van der Waals surface area (Å²) in [6.45, 7) is 3.13. The summed E-state index contributed by atoms with van der Waals surface area (Å²) in [5, 5.41) is 2.97. The predicted molar refractivity (Wildman–Crippen MR) is 99.9 cm³/mol. The highest BCUT2D eigenvalue weighted by molar-refractivity contribution is 5.97. The van der Waals surface area contributed by atoms with Crippen LogP contribution in [-0.2, 0) is 13.1 Å². The third kappa shape index (κ3) is 3.24. The second-order valence-corrected chi connectivity index (χ2v) is 6.31. The fourth-order valence-electron chi connectivity index (χ4n) is 2.99. The van der Waals surface area contributed by atoms with Crippen molar-refractivity contribution in [2.45, 2.75) is 20.0 Å². The molecule has 1 aromatic carbocycles. The molecule has 3 heterocycles. The Kier molecular flexibility index (Phi) is 4.27. The van der Waals surface area contributed by atoms with E-state index in [9.17, 15) is 4.79 Å². The van der Waals surface area contributed by atoms with Crippen molar-refractivity contribution in [3.63, 3.8) is 0 Å². The summed E-state index contributed by atoms with van der Waals surface area (Å²) < 4.78 is 7.49. The number of aryl methyl sites for hydroxylation is 1. The third-order valence-corrected chi connectivity index (χ3v) is 4.42. The minimum absolute atomic E-state index is 0.125. The fraction of sp³-hybridized carbons (Fsp3) is 0.143. The Labute approximate surface area is 151 Å². The van der Waals surface area contributed by atoms with Gasteiger partial charge in [0, 0.05) is 37.6 Å². The van der Waals surface area contributed by atoms with Gasteiger partial charge in [0.25, 0.3) is 5.91 Å². The molecule has 1 amide bonds. The molecule has 0 aliphatic heterocycles. The molecule has 0 radical (unpaired) electrons. The number of hydrogen-bond donors (Lipinski definition) is 1. The van der Waals surface area contributed by atoms with Crippen LogP contribution in [0.15, 0.2) is 71.6 Å². The van der Waals surface area contributed by atoms with E-state index in [1.165, 1.54) is 5.56 Å². The first-order chi connectivity index (χ1) is 12.7. The number of fused-ring (bicyclic) bond motifs is 1. The number of nitrogens with one attached hydrogen (secondary N) is 1. The third-order valence-electron chi connectivity index (χ3n) is 4.42. The SMILES string of the molecule is Cc1ccc(Cn2c(C(=O)NCc3ccncc3)cc3occc32)cc1. The van der Waals surface area contributed by atoms with Crippen molar-refractivity contribution in [3.05, 3.63) is 89.6 Å². The molecule has 1 N–H and O–H groups in total. The molecule has 4 rings (SSSR count). The van der Waals surface area contributed by atoms with E-state index in [4.69, 9.17) is 4.42 Å². The number of pyridine rings is 1. The summed E-state index contributed by atoms with van der Waals surface area (Å²) in [6, 6.07) is 15.8. The van der Waals surface area contributed by atoms with E-state index in [2.05, 4.69) is 41.5 Å². The number of benzene rings is 1. The molecule has 0 saturated carbocycles. The smallest absolute Gasteiger partial charge is 0.268 e. The Hall–Kier alpha value is -3.34. The van der Waals surface area contributed by atoms with Crippen LogP contribution in [0.1, 0.15) is 27.2 Å². The first-order valence-electron chi connectivity index (χ1n) is 8.50. The van der Waals surface area contributed by atoms with E-state index in [-0.39, 0.29) is 5.91 Å². The Bertz CT molecular complexity index is 1030. The number of aromatic nitrogens is 2. The molecule has 0 aliphatic rings. The van der Waals surface area contributed by atoms with E-state index < -0.39 is 0 Å². The second-order valence-electron chi connectivity index (χ2n) is 6.31. The van der Waals surface area contributed by atoms with E-state index >= 15 is 0 Å². The number of rotatable bonds is 5. The maximum Gasteiger partial charge on any atom is 0.268 e. The highest BCUT2D eigenvalue weighted by Gasteiger charge is 2.17. The molecular weight excluding hydrogens is 326 g/mol. The van der Waals surface area contributed by atoms with E-state index in [1.807, 2.05) is 22.8 Å². The average molecular weight is 345 g/mol. The predicted octanol–water partition coefficient (Wildman–Crippen LogP) is 3.92. The van der Waals surface area contributed by atoms with Crippen molar-refractivity contribution in [2.24, 2.45) is 0 Å². The monoisotopic (exact) mass is 345 g/mol. The van der Waals surface area contributed by atoms with E-state index in [0.29, 0.717) is 24.4 Å². The molecule has 0 spiro atoms. The lowest BCUT2D eigenvalue weighted by molar-refractivity contribution is 0.0942. The zero-order valence-corrected chi connectivity index (χ0v) is 14.5. The Balaban J connectivity index is 1.60. The number of amides is 1. The van der Waals surface area contributed by atoms with Gasteiger partial charge in [0.1, 0.15) is 5.69 Å². The fourth-order valence-corrected chi connectivity index (χ4v) is 2.99. The topological polar surface area (TPSA) is 60.1 Å². The van der Waals surface area contributed by atoms with Crippen LogP contribution in [0.5, 0.6) is 0 Å². The summed E-state index contributed by atoms with van der Waals surface area (Å²) in [6.07, 6.45) is 5.08. The quantitative estimate of drug-likeness (QED) is 0.596. The Morgan fingerprint density at radius 1 is 1.08 bits per heavy atom. The molecule has 0 unspecified atom stereocenters. The molecule has 130 valence electrons. The zero-order valence-electron chi connectivity index (χ0n) is 14.5. The normalized spacial score (nSPS) is 11.0. The van der Waals surface area contributed by atoms with Crippen molar-refractivity contribution in [2.75, 3.05) is 0 Å². The molecule has 0 aliphatic carbocycles.